The third-order valence-corrected chi connectivity index (χ3v) is 5.50. The Morgan fingerprint density at radius 2 is 2.14 bits per heavy atom. The molecule has 1 aromatic carbocycles. The molecule has 29 heavy (non-hydrogen) atoms. The van der Waals surface area contributed by atoms with Crippen molar-refractivity contribution in [3.8, 4) is 11.1 Å². The fourth-order valence-corrected chi connectivity index (χ4v) is 3.84. The number of nitrogens with one attached hydrogen (secondary N) is 2. The molecule has 0 saturated carbocycles. The van der Waals surface area contributed by atoms with Gasteiger partial charge in [0.05, 0.1) is 5.52 Å². The molecule has 4 heterocycles. The molecule has 0 unspecified atom stereocenters. The summed E-state index contributed by atoms with van der Waals surface area (Å²) in [5.41, 5.74) is 3.39. The van der Waals surface area contributed by atoms with Crippen LogP contribution >= 0.6 is 0 Å². The van der Waals surface area contributed by atoms with Gasteiger partial charge in [0.15, 0.2) is 5.65 Å². The van der Waals surface area contributed by atoms with Crippen molar-refractivity contribution in [2.75, 3.05) is 0 Å². The molecule has 4 aromatic rings. The van der Waals surface area contributed by atoms with Gasteiger partial charge in [0, 0.05) is 55.8 Å². The largest absolute Gasteiger partial charge is 0.349 e. The lowest BCUT2D eigenvalue weighted by atomic mass is 10.0. The first-order chi connectivity index (χ1) is 14.1. The molecule has 8 nitrogen and oxygen atoms in total. The Kier molecular flexibility index (Phi) is 4.04. The summed E-state index contributed by atoms with van der Waals surface area (Å²) in [6, 6.07) is 9.43. The summed E-state index contributed by atoms with van der Waals surface area (Å²) in [7, 11) is 1.70. The van der Waals surface area contributed by atoms with Crippen LogP contribution in [-0.2, 0) is 20.0 Å². The third kappa shape index (κ3) is 3.12. The van der Waals surface area contributed by atoms with Gasteiger partial charge in [-0.15, -0.1) is 0 Å². The van der Waals surface area contributed by atoms with Gasteiger partial charge in [-0.05, 0) is 30.2 Å². The van der Waals surface area contributed by atoms with Gasteiger partial charge in [-0.3, -0.25) is 14.3 Å². The van der Waals surface area contributed by atoms with E-state index in [0.717, 1.165) is 41.9 Å². The van der Waals surface area contributed by atoms with Crippen molar-refractivity contribution in [3.05, 3.63) is 70.8 Å². The second-order valence-corrected chi connectivity index (χ2v) is 7.36. The fraction of sp³-hybridized carbons (Fsp3) is 0.238. The van der Waals surface area contributed by atoms with Crippen LogP contribution in [0.5, 0.6) is 0 Å². The Morgan fingerprint density at radius 3 is 3.03 bits per heavy atom. The lowest BCUT2D eigenvalue weighted by Gasteiger charge is -2.24. The molecule has 1 atom stereocenters. The molecule has 1 aliphatic rings. The Labute approximate surface area is 166 Å². The number of H-pyrrole nitrogens is 1. The van der Waals surface area contributed by atoms with Crippen LogP contribution in [0.15, 0.2) is 53.7 Å². The van der Waals surface area contributed by atoms with Crippen LogP contribution in [0.1, 0.15) is 22.6 Å². The molecule has 0 radical (unpaired) electrons. The zero-order chi connectivity index (χ0) is 20.0. The van der Waals surface area contributed by atoms with E-state index in [0.29, 0.717) is 11.2 Å². The molecule has 0 spiro atoms. The average molecular weight is 388 g/mol. The lowest BCUT2D eigenvalue weighted by Crippen LogP contribution is -2.40. The lowest BCUT2D eigenvalue weighted by molar-refractivity contribution is 0.0930. The highest BCUT2D eigenvalue weighted by Crippen LogP contribution is 2.23. The van der Waals surface area contributed by atoms with Crippen molar-refractivity contribution in [3.63, 3.8) is 0 Å². The van der Waals surface area contributed by atoms with Crippen LogP contribution in [0.25, 0.3) is 22.3 Å². The summed E-state index contributed by atoms with van der Waals surface area (Å²) in [6.45, 7) is 0.862. The van der Waals surface area contributed by atoms with Gasteiger partial charge < -0.3 is 9.88 Å². The van der Waals surface area contributed by atoms with Crippen LogP contribution in [0.3, 0.4) is 0 Å². The zero-order valence-corrected chi connectivity index (χ0v) is 15.9. The van der Waals surface area contributed by atoms with Crippen LogP contribution in [0, 0.1) is 0 Å². The number of hydrogen-bond donors (Lipinski definition) is 2. The van der Waals surface area contributed by atoms with Gasteiger partial charge in [0.1, 0.15) is 5.82 Å². The van der Waals surface area contributed by atoms with Crippen molar-refractivity contribution in [1.82, 2.24) is 29.4 Å². The fourth-order valence-electron chi connectivity index (χ4n) is 3.84. The van der Waals surface area contributed by atoms with E-state index in [1.54, 1.807) is 25.5 Å². The first-order valence-electron chi connectivity index (χ1n) is 9.54. The minimum Gasteiger partial charge on any atom is -0.349 e. The summed E-state index contributed by atoms with van der Waals surface area (Å²) in [4.78, 5) is 36.0. The highest BCUT2D eigenvalue weighted by atomic mass is 16.2. The molecule has 0 saturated heterocycles. The molecule has 0 fully saturated rings. The molecule has 2 N–H and O–H groups in total. The van der Waals surface area contributed by atoms with Crippen LogP contribution in [0.2, 0.25) is 0 Å². The van der Waals surface area contributed by atoms with E-state index in [9.17, 15) is 9.59 Å². The number of aromatic amines is 1. The Bertz CT molecular complexity index is 1280. The Morgan fingerprint density at radius 1 is 1.24 bits per heavy atom. The van der Waals surface area contributed by atoms with Gasteiger partial charge in [-0.25, -0.2) is 14.8 Å². The number of imidazole rings is 2. The quantitative estimate of drug-likeness (QED) is 0.560. The summed E-state index contributed by atoms with van der Waals surface area (Å²) in [5, 5.41) is 3.13. The number of amides is 1. The standard InChI is InChI=1S/C21H20N6O2/c1-26-17-10-15(12-23-19(17)25-21(26)29)13-3-2-4-14(9-13)20(28)24-16-5-7-27-8-6-22-18(27)11-16/h2-4,6,8-10,12,16H,5,7,11H2,1H3,(H,24,28)(H,23,25,29)/t16-/m0/s1. The van der Waals surface area contributed by atoms with E-state index >= 15 is 0 Å². The molecule has 5 rings (SSSR count). The number of carbonyl (C=O) groups is 1. The van der Waals surface area contributed by atoms with Crippen molar-refractivity contribution in [2.24, 2.45) is 7.05 Å². The number of benzene rings is 1. The number of rotatable bonds is 3. The minimum absolute atomic E-state index is 0.0773. The van der Waals surface area contributed by atoms with E-state index in [1.807, 2.05) is 30.5 Å². The maximum absolute atomic E-state index is 12.8. The molecule has 8 heteroatoms. The zero-order valence-electron chi connectivity index (χ0n) is 15.9. The highest BCUT2D eigenvalue weighted by molar-refractivity contribution is 5.95. The molecule has 3 aromatic heterocycles. The summed E-state index contributed by atoms with van der Waals surface area (Å²) in [6.07, 6.45) is 7.10. The van der Waals surface area contributed by atoms with Gasteiger partial charge in [-0.1, -0.05) is 12.1 Å². The van der Waals surface area contributed by atoms with Crippen molar-refractivity contribution in [2.45, 2.75) is 25.4 Å². The predicted molar refractivity (Wildman–Crippen MR) is 109 cm³/mol. The molecular formula is C21H20N6O2. The maximum atomic E-state index is 12.8. The number of fused-ring (bicyclic) bond motifs is 2. The topological polar surface area (TPSA) is 97.6 Å². The van der Waals surface area contributed by atoms with Crippen LogP contribution < -0.4 is 11.0 Å². The van der Waals surface area contributed by atoms with E-state index in [2.05, 4.69) is 24.8 Å². The van der Waals surface area contributed by atoms with Crippen molar-refractivity contribution >= 4 is 17.1 Å². The van der Waals surface area contributed by atoms with Crippen molar-refractivity contribution < 1.29 is 4.79 Å². The number of hydrogen-bond acceptors (Lipinski definition) is 4. The molecule has 1 amide bonds. The van der Waals surface area contributed by atoms with E-state index in [4.69, 9.17) is 0 Å². The van der Waals surface area contributed by atoms with Gasteiger partial charge in [0.25, 0.3) is 5.91 Å². The monoisotopic (exact) mass is 388 g/mol. The summed E-state index contributed by atoms with van der Waals surface area (Å²) in [5.74, 6) is 0.909. The number of aryl methyl sites for hydroxylation is 2. The summed E-state index contributed by atoms with van der Waals surface area (Å²) < 4.78 is 3.65. The smallest absolute Gasteiger partial charge is 0.327 e. The van der Waals surface area contributed by atoms with Gasteiger partial charge >= 0.3 is 5.69 Å². The second kappa shape index (κ2) is 6.73. The highest BCUT2D eigenvalue weighted by Gasteiger charge is 2.21. The Hall–Kier alpha value is -3.68. The summed E-state index contributed by atoms with van der Waals surface area (Å²) >= 11 is 0. The predicted octanol–water partition coefficient (Wildman–Crippen LogP) is 1.87. The van der Waals surface area contributed by atoms with Crippen LogP contribution in [-0.4, -0.2) is 36.0 Å². The average Bonchev–Trinajstić information content (AvgIpc) is 3.32. The van der Waals surface area contributed by atoms with Crippen molar-refractivity contribution in [1.29, 1.82) is 0 Å². The maximum Gasteiger partial charge on any atom is 0.327 e. The van der Waals surface area contributed by atoms with Gasteiger partial charge in [0.2, 0.25) is 0 Å². The first-order valence-corrected chi connectivity index (χ1v) is 9.54. The van der Waals surface area contributed by atoms with E-state index in [1.165, 1.54) is 4.57 Å². The minimum atomic E-state index is -0.203. The van der Waals surface area contributed by atoms with E-state index in [-0.39, 0.29) is 17.6 Å². The number of aromatic nitrogens is 5. The number of pyridine rings is 1. The Balaban J connectivity index is 1.39. The number of nitrogens with zero attached hydrogens (tertiary/aromatic N) is 4. The second-order valence-electron chi connectivity index (χ2n) is 7.36. The number of carbonyl (C=O) groups excluding carboxylic acids is 1. The molecule has 0 bridgehead atoms. The molecule has 146 valence electrons. The molecule has 1 aliphatic heterocycles. The van der Waals surface area contributed by atoms with Gasteiger partial charge in [-0.2, -0.15) is 0 Å². The normalized spacial score (nSPS) is 16.0. The van der Waals surface area contributed by atoms with Crippen LogP contribution in [0.4, 0.5) is 0 Å². The molecular weight excluding hydrogens is 368 g/mol. The van der Waals surface area contributed by atoms with E-state index < -0.39 is 0 Å². The SMILES string of the molecule is Cn1c(=O)[nH]c2ncc(-c3cccc(C(=O)N[C@H]4CCn5ccnc5C4)c3)cc21. The first kappa shape index (κ1) is 17.4. The molecule has 0 aliphatic carbocycles. The third-order valence-electron chi connectivity index (χ3n) is 5.50.